The van der Waals surface area contributed by atoms with Crippen molar-refractivity contribution < 1.29 is 5.11 Å². The Bertz CT molecular complexity index is 943. The van der Waals surface area contributed by atoms with Crippen molar-refractivity contribution in [3.8, 4) is 11.9 Å². The molecule has 0 saturated carbocycles. The summed E-state index contributed by atoms with van der Waals surface area (Å²) in [4.78, 5) is 12.7. The molecule has 1 aromatic carbocycles. The summed E-state index contributed by atoms with van der Waals surface area (Å²) in [6.07, 6.45) is 0. The van der Waals surface area contributed by atoms with E-state index in [2.05, 4.69) is 10.2 Å². The van der Waals surface area contributed by atoms with Crippen LogP contribution >= 0.6 is 23.2 Å². The van der Waals surface area contributed by atoms with Crippen LogP contribution in [0.3, 0.4) is 0 Å². The molecule has 0 aliphatic heterocycles. The molecule has 25 heavy (non-hydrogen) atoms. The molecule has 0 atom stereocenters. The first-order chi connectivity index (χ1) is 11.8. The van der Waals surface area contributed by atoms with Gasteiger partial charge in [-0.1, -0.05) is 43.1 Å². The fourth-order valence-corrected chi connectivity index (χ4v) is 2.60. The maximum Gasteiger partial charge on any atom is 0.281 e. The zero-order valence-electron chi connectivity index (χ0n) is 13.9. The van der Waals surface area contributed by atoms with E-state index in [0.717, 1.165) is 4.57 Å². The molecule has 0 aliphatic carbocycles. The quantitative estimate of drug-likeness (QED) is 0.748. The van der Waals surface area contributed by atoms with Gasteiger partial charge in [0.05, 0.1) is 10.0 Å². The summed E-state index contributed by atoms with van der Waals surface area (Å²) in [5, 5.41) is 28.0. The monoisotopic (exact) mass is 378 g/mol. The Morgan fingerprint density at radius 3 is 2.60 bits per heavy atom. The molecule has 0 aliphatic rings. The molecule has 0 radical (unpaired) electrons. The standard InChI is InChI=1S/C17H16Cl2N4O2/c1-9(2)8-23-16(24)11(7-20)10(3)15(17(23)25)22-21-13-6-4-5-12(18)14(13)19/h4-6,9,24H,8H2,1-3H3. The van der Waals surface area contributed by atoms with Gasteiger partial charge in [0.15, 0.2) is 5.69 Å². The van der Waals surface area contributed by atoms with Crippen molar-refractivity contribution in [2.75, 3.05) is 0 Å². The highest BCUT2D eigenvalue weighted by Crippen LogP contribution is 2.33. The van der Waals surface area contributed by atoms with Crippen molar-refractivity contribution in [3.05, 3.63) is 49.7 Å². The number of aromatic nitrogens is 1. The molecule has 8 heteroatoms. The fourth-order valence-electron chi connectivity index (χ4n) is 2.27. The highest BCUT2D eigenvalue weighted by Gasteiger charge is 2.19. The Morgan fingerprint density at radius 1 is 1.32 bits per heavy atom. The van der Waals surface area contributed by atoms with Crippen LogP contribution in [0.4, 0.5) is 11.4 Å². The Kier molecular flexibility index (Phi) is 5.83. The number of hydrogen-bond acceptors (Lipinski definition) is 5. The maximum absolute atomic E-state index is 12.7. The van der Waals surface area contributed by atoms with E-state index < -0.39 is 5.56 Å². The van der Waals surface area contributed by atoms with E-state index >= 15 is 0 Å². The van der Waals surface area contributed by atoms with E-state index in [0.29, 0.717) is 10.7 Å². The first-order valence-electron chi connectivity index (χ1n) is 7.50. The molecule has 0 saturated heterocycles. The van der Waals surface area contributed by atoms with E-state index in [1.807, 2.05) is 19.9 Å². The van der Waals surface area contributed by atoms with Crippen molar-refractivity contribution in [2.45, 2.75) is 27.3 Å². The Balaban J connectivity index is 2.65. The predicted molar refractivity (Wildman–Crippen MR) is 97.3 cm³/mol. The zero-order chi connectivity index (χ0) is 18.7. The second kappa shape index (κ2) is 7.68. The number of aromatic hydroxyl groups is 1. The van der Waals surface area contributed by atoms with Gasteiger partial charge in [0.25, 0.3) is 5.56 Å². The molecule has 2 aromatic rings. The van der Waals surface area contributed by atoms with Gasteiger partial charge >= 0.3 is 0 Å². The van der Waals surface area contributed by atoms with E-state index in [9.17, 15) is 15.2 Å². The van der Waals surface area contributed by atoms with Gasteiger partial charge in [-0.3, -0.25) is 9.36 Å². The molecule has 0 fully saturated rings. The van der Waals surface area contributed by atoms with Crippen LogP contribution in [0.5, 0.6) is 5.88 Å². The summed E-state index contributed by atoms with van der Waals surface area (Å²) in [7, 11) is 0. The van der Waals surface area contributed by atoms with Crippen molar-refractivity contribution in [1.82, 2.24) is 4.57 Å². The third-order valence-electron chi connectivity index (χ3n) is 3.51. The third-order valence-corrected chi connectivity index (χ3v) is 4.31. The highest BCUT2D eigenvalue weighted by atomic mass is 35.5. The Morgan fingerprint density at radius 2 is 2.00 bits per heavy atom. The molecule has 0 spiro atoms. The number of halogens is 2. The number of nitriles is 1. The summed E-state index contributed by atoms with van der Waals surface area (Å²) in [5.74, 6) is -0.275. The van der Waals surface area contributed by atoms with Crippen LogP contribution in [0.25, 0.3) is 0 Å². The van der Waals surface area contributed by atoms with Crippen molar-refractivity contribution in [1.29, 1.82) is 5.26 Å². The van der Waals surface area contributed by atoms with Gasteiger partial charge in [0, 0.05) is 12.1 Å². The fraction of sp³-hybridized carbons (Fsp3) is 0.294. The lowest BCUT2D eigenvalue weighted by molar-refractivity contribution is 0.381. The summed E-state index contributed by atoms with van der Waals surface area (Å²) >= 11 is 12.0. The SMILES string of the molecule is Cc1c(C#N)c(O)n(CC(C)C)c(=O)c1N=Nc1cccc(Cl)c1Cl. The number of pyridine rings is 1. The van der Waals surface area contributed by atoms with Crippen LogP contribution in [-0.4, -0.2) is 9.67 Å². The van der Waals surface area contributed by atoms with Gasteiger partial charge in [0.1, 0.15) is 17.3 Å². The first kappa shape index (κ1) is 19.0. The maximum atomic E-state index is 12.7. The lowest BCUT2D eigenvalue weighted by Crippen LogP contribution is -2.24. The molecule has 1 aromatic heterocycles. The van der Waals surface area contributed by atoms with Crippen molar-refractivity contribution in [3.63, 3.8) is 0 Å². The highest BCUT2D eigenvalue weighted by molar-refractivity contribution is 6.43. The predicted octanol–water partition coefficient (Wildman–Crippen LogP) is 5.11. The molecule has 0 unspecified atom stereocenters. The van der Waals surface area contributed by atoms with Gasteiger partial charge in [-0.2, -0.15) is 5.26 Å². The minimum Gasteiger partial charge on any atom is -0.493 e. The van der Waals surface area contributed by atoms with Gasteiger partial charge in [-0.05, 0) is 25.0 Å². The molecule has 1 heterocycles. The van der Waals surface area contributed by atoms with Crippen LogP contribution in [0, 0.1) is 24.2 Å². The molecular formula is C17H16Cl2N4O2. The average Bonchev–Trinajstić information content (AvgIpc) is 2.55. The molecule has 130 valence electrons. The normalized spacial score (nSPS) is 11.2. The van der Waals surface area contributed by atoms with Gasteiger partial charge in [-0.15, -0.1) is 10.2 Å². The van der Waals surface area contributed by atoms with E-state index in [-0.39, 0.29) is 40.2 Å². The minimum absolute atomic E-state index is 0.00797. The van der Waals surface area contributed by atoms with Crippen molar-refractivity contribution in [2.24, 2.45) is 16.1 Å². The molecular weight excluding hydrogens is 363 g/mol. The molecule has 0 amide bonds. The van der Waals surface area contributed by atoms with E-state index in [4.69, 9.17) is 23.2 Å². The first-order valence-corrected chi connectivity index (χ1v) is 8.25. The topological polar surface area (TPSA) is 90.7 Å². The number of hydrogen-bond donors (Lipinski definition) is 1. The lowest BCUT2D eigenvalue weighted by Gasteiger charge is -2.14. The van der Waals surface area contributed by atoms with E-state index in [1.54, 1.807) is 18.2 Å². The van der Waals surface area contributed by atoms with Crippen LogP contribution in [0.2, 0.25) is 10.0 Å². The second-order valence-corrected chi connectivity index (χ2v) is 6.65. The summed E-state index contributed by atoms with van der Waals surface area (Å²) in [6, 6.07) is 6.77. The number of rotatable bonds is 4. The summed E-state index contributed by atoms with van der Waals surface area (Å²) in [6.45, 7) is 5.57. The Hall–Kier alpha value is -2.36. The Labute approximate surface area is 155 Å². The zero-order valence-corrected chi connectivity index (χ0v) is 15.4. The number of nitrogens with zero attached hydrogens (tertiary/aromatic N) is 4. The van der Waals surface area contributed by atoms with Gasteiger partial charge in [0.2, 0.25) is 5.88 Å². The number of benzene rings is 1. The van der Waals surface area contributed by atoms with Crippen LogP contribution < -0.4 is 5.56 Å². The van der Waals surface area contributed by atoms with Crippen LogP contribution in [0.1, 0.15) is 25.0 Å². The summed E-state index contributed by atoms with van der Waals surface area (Å²) < 4.78 is 1.13. The minimum atomic E-state index is -0.524. The largest absolute Gasteiger partial charge is 0.493 e. The van der Waals surface area contributed by atoms with Crippen molar-refractivity contribution >= 4 is 34.6 Å². The smallest absolute Gasteiger partial charge is 0.281 e. The molecule has 6 nitrogen and oxygen atoms in total. The van der Waals surface area contributed by atoms with Gasteiger partial charge < -0.3 is 5.11 Å². The van der Waals surface area contributed by atoms with Crippen LogP contribution in [-0.2, 0) is 6.54 Å². The molecule has 0 bridgehead atoms. The van der Waals surface area contributed by atoms with Crippen LogP contribution in [0.15, 0.2) is 33.2 Å². The van der Waals surface area contributed by atoms with Gasteiger partial charge in [-0.25, -0.2) is 0 Å². The van der Waals surface area contributed by atoms with E-state index in [1.165, 1.54) is 6.92 Å². The average molecular weight is 379 g/mol. The molecule has 1 N–H and O–H groups in total. The summed E-state index contributed by atoms with van der Waals surface area (Å²) in [5.41, 5.74) is 0.00361. The lowest BCUT2D eigenvalue weighted by atomic mass is 10.1. The molecule has 2 rings (SSSR count). The number of azo groups is 1. The second-order valence-electron chi connectivity index (χ2n) is 5.87. The third kappa shape index (κ3) is 3.84.